The van der Waals surface area contributed by atoms with Crippen LogP contribution in [0.1, 0.15) is 69.8 Å². The monoisotopic (exact) mass is 420 g/mol. The lowest BCUT2D eigenvalue weighted by Crippen LogP contribution is -2.37. The molecule has 2 fully saturated rings. The zero-order valence-electron chi connectivity index (χ0n) is 18.5. The van der Waals surface area contributed by atoms with E-state index in [2.05, 4.69) is 24.3 Å². The van der Waals surface area contributed by atoms with Crippen molar-refractivity contribution in [2.75, 3.05) is 33.0 Å². The minimum absolute atomic E-state index is 0.0462. The molecule has 0 amide bonds. The first kappa shape index (κ1) is 23.7. The minimum atomic E-state index is 0.0462. The molecule has 1 aromatic carbocycles. The normalized spacial score (nSPS) is 23.9. The molecule has 0 radical (unpaired) electrons. The van der Waals surface area contributed by atoms with Crippen LogP contribution in [0.3, 0.4) is 0 Å². The Labute approximate surface area is 182 Å². The van der Waals surface area contributed by atoms with E-state index in [4.69, 9.17) is 23.7 Å². The summed E-state index contributed by atoms with van der Waals surface area (Å²) in [4.78, 5) is 0. The molecule has 1 saturated heterocycles. The molecule has 1 unspecified atom stereocenters. The molecule has 0 N–H and O–H groups in total. The Morgan fingerprint density at radius 1 is 0.733 bits per heavy atom. The lowest BCUT2D eigenvalue weighted by molar-refractivity contribution is -0.162. The van der Waals surface area contributed by atoms with E-state index in [0.717, 1.165) is 84.4 Å². The average molecular weight is 421 g/mol. The molecule has 1 aromatic rings. The van der Waals surface area contributed by atoms with Crippen LogP contribution in [-0.2, 0) is 30.3 Å². The summed E-state index contributed by atoms with van der Waals surface area (Å²) in [5, 5.41) is 0. The SMILES string of the molecule is c1ccc(COC2CC(OCCCCOCCCCCOC3CCCCO3)C2)cc1. The largest absolute Gasteiger partial charge is 0.381 e. The van der Waals surface area contributed by atoms with Crippen LogP contribution in [-0.4, -0.2) is 51.5 Å². The predicted octanol–water partition coefficient (Wildman–Crippen LogP) is 5.26. The van der Waals surface area contributed by atoms with Gasteiger partial charge in [0, 0.05) is 33.0 Å². The second-order valence-corrected chi connectivity index (χ2v) is 8.43. The van der Waals surface area contributed by atoms with Gasteiger partial charge >= 0.3 is 0 Å². The average Bonchev–Trinajstić information content (AvgIpc) is 2.76. The second kappa shape index (κ2) is 14.9. The van der Waals surface area contributed by atoms with Crippen molar-refractivity contribution in [3.05, 3.63) is 35.9 Å². The molecule has 30 heavy (non-hydrogen) atoms. The van der Waals surface area contributed by atoms with E-state index in [9.17, 15) is 0 Å². The van der Waals surface area contributed by atoms with Crippen molar-refractivity contribution in [2.24, 2.45) is 0 Å². The molecule has 1 heterocycles. The quantitative estimate of drug-likeness (QED) is 0.341. The van der Waals surface area contributed by atoms with E-state index in [1.807, 2.05) is 6.07 Å². The lowest BCUT2D eigenvalue weighted by Gasteiger charge is -2.35. The van der Waals surface area contributed by atoms with Gasteiger partial charge in [0.1, 0.15) is 0 Å². The Morgan fingerprint density at radius 3 is 2.23 bits per heavy atom. The molecular formula is C25H40O5. The molecule has 2 aliphatic rings. The molecule has 1 aliphatic heterocycles. The molecule has 0 spiro atoms. The van der Waals surface area contributed by atoms with E-state index in [0.29, 0.717) is 18.8 Å². The van der Waals surface area contributed by atoms with Gasteiger partial charge in [0.15, 0.2) is 6.29 Å². The molecule has 3 rings (SSSR count). The van der Waals surface area contributed by atoms with Crippen LogP contribution in [0.4, 0.5) is 0 Å². The van der Waals surface area contributed by atoms with Gasteiger partial charge in [0.05, 0.1) is 18.8 Å². The van der Waals surface area contributed by atoms with Crippen molar-refractivity contribution in [1.82, 2.24) is 0 Å². The zero-order chi connectivity index (χ0) is 20.7. The summed E-state index contributed by atoms with van der Waals surface area (Å²) in [6, 6.07) is 10.4. The summed E-state index contributed by atoms with van der Waals surface area (Å²) in [5.74, 6) is 0. The van der Waals surface area contributed by atoms with Crippen molar-refractivity contribution in [3.8, 4) is 0 Å². The third kappa shape index (κ3) is 9.88. The van der Waals surface area contributed by atoms with Crippen molar-refractivity contribution in [1.29, 1.82) is 0 Å². The molecule has 170 valence electrons. The van der Waals surface area contributed by atoms with Gasteiger partial charge in [-0.1, -0.05) is 30.3 Å². The standard InChI is InChI=1S/C25H40O5/c1-3-11-22(12-4-1)21-30-24-19-23(20-24)27-16-10-9-15-26-14-6-2-7-17-28-25-13-5-8-18-29-25/h1,3-4,11-12,23-25H,2,5-10,13-21H2. The summed E-state index contributed by atoms with van der Waals surface area (Å²) in [6.45, 7) is 4.89. The van der Waals surface area contributed by atoms with Gasteiger partial charge < -0.3 is 23.7 Å². The van der Waals surface area contributed by atoms with E-state index < -0.39 is 0 Å². The number of ether oxygens (including phenoxy) is 5. The third-order valence-electron chi connectivity index (χ3n) is 5.79. The maximum atomic E-state index is 5.92. The highest BCUT2D eigenvalue weighted by molar-refractivity contribution is 5.13. The highest BCUT2D eigenvalue weighted by Gasteiger charge is 2.30. The van der Waals surface area contributed by atoms with Gasteiger partial charge in [0.2, 0.25) is 0 Å². The fraction of sp³-hybridized carbons (Fsp3) is 0.760. The van der Waals surface area contributed by atoms with E-state index >= 15 is 0 Å². The fourth-order valence-electron chi connectivity index (χ4n) is 3.78. The topological polar surface area (TPSA) is 46.2 Å². The highest BCUT2D eigenvalue weighted by Crippen LogP contribution is 2.27. The molecule has 5 heteroatoms. The molecule has 1 saturated carbocycles. The van der Waals surface area contributed by atoms with Crippen molar-refractivity contribution in [2.45, 2.75) is 89.3 Å². The number of unbranched alkanes of at least 4 members (excludes halogenated alkanes) is 3. The Bertz CT molecular complexity index is 526. The van der Waals surface area contributed by atoms with Crippen LogP contribution in [0.2, 0.25) is 0 Å². The predicted molar refractivity (Wildman–Crippen MR) is 117 cm³/mol. The van der Waals surface area contributed by atoms with Gasteiger partial charge in [-0.15, -0.1) is 0 Å². The number of rotatable bonds is 16. The first-order chi connectivity index (χ1) is 14.9. The van der Waals surface area contributed by atoms with Gasteiger partial charge in [-0.05, 0) is 69.8 Å². The van der Waals surface area contributed by atoms with E-state index in [-0.39, 0.29) is 6.29 Å². The maximum absolute atomic E-state index is 5.92. The summed E-state index contributed by atoms with van der Waals surface area (Å²) in [5.41, 5.74) is 1.24. The Kier molecular flexibility index (Phi) is 11.8. The second-order valence-electron chi connectivity index (χ2n) is 8.43. The highest BCUT2D eigenvalue weighted by atomic mass is 16.7. The van der Waals surface area contributed by atoms with Crippen LogP contribution in [0.5, 0.6) is 0 Å². The minimum Gasteiger partial charge on any atom is -0.381 e. The Hall–Kier alpha value is -0.980. The summed E-state index contributed by atoms with van der Waals surface area (Å²) in [7, 11) is 0. The molecule has 1 atom stereocenters. The Balaban J connectivity index is 1.02. The van der Waals surface area contributed by atoms with Crippen molar-refractivity contribution in [3.63, 3.8) is 0 Å². The van der Waals surface area contributed by atoms with Crippen molar-refractivity contribution < 1.29 is 23.7 Å². The number of benzene rings is 1. The van der Waals surface area contributed by atoms with Crippen LogP contribution in [0, 0.1) is 0 Å². The van der Waals surface area contributed by atoms with Gasteiger partial charge in [-0.3, -0.25) is 0 Å². The Morgan fingerprint density at radius 2 is 1.43 bits per heavy atom. The smallest absolute Gasteiger partial charge is 0.157 e. The summed E-state index contributed by atoms with van der Waals surface area (Å²) < 4.78 is 28.9. The van der Waals surface area contributed by atoms with Gasteiger partial charge in [0.25, 0.3) is 0 Å². The van der Waals surface area contributed by atoms with Crippen LogP contribution < -0.4 is 0 Å². The maximum Gasteiger partial charge on any atom is 0.157 e. The number of hydrogen-bond acceptors (Lipinski definition) is 5. The fourth-order valence-corrected chi connectivity index (χ4v) is 3.78. The summed E-state index contributed by atoms with van der Waals surface area (Å²) >= 11 is 0. The first-order valence-corrected chi connectivity index (χ1v) is 12.0. The first-order valence-electron chi connectivity index (χ1n) is 12.0. The third-order valence-corrected chi connectivity index (χ3v) is 5.79. The zero-order valence-corrected chi connectivity index (χ0v) is 18.5. The summed E-state index contributed by atoms with van der Waals surface area (Å²) in [6.07, 6.45) is 11.8. The van der Waals surface area contributed by atoms with Crippen molar-refractivity contribution >= 4 is 0 Å². The van der Waals surface area contributed by atoms with Crippen LogP contribution >= 0.6 is 0 Å². The number of hydrogen-bond donors (Lipinski definition) is 0. The van der Waals surface area contributed by atoms with Gasteiger partial charge in [-0.2, -0.15) is 0 Å². The molecule has 5 nitrogen and oxygen atoms in total. The lowest BCUT2D eigenvalue weighted by atomic mass is 9.92. The molecule has 0 aromatic heterocycles. The molecule has 0 bridgehead atoms. The van der Waals surface area contributed by atoms with E-state index in [1.165, 1.54) is 18.4 Å². The van der Waals surface area contributed by atoms with Crippen LogP contribution in [0.15, 0.2) is 30.3 Å². The van der Waals surface area contributed by atoms with Crippen LogP contribution in [0.25, 0.3) is 0 Å². The van der Waals surface area contributed by atoms with Gasteiger partial charge in [-0.25, -0.2) is 0 Å². The molecule has 1 aliphatic carbocycles. The van der Waals surface area contributed by atoms with E-state index in [1.54, 1.807) is 0 Å². The molecular weight excluding hydrogens is 380 g/mol.